The zero-order valence-corrected chi connectivity index (χ0v) is 16.9. The molecule has 0 bridgehead atoms. The minimum absolute atomic E-state index is 0.138. The predicted octanol–water partition coefficient (Wildman–Crippen LogP) is 4.00. The zero-order valence-electron chi connectivity index (χ0n) is 12.8. The van der Waals surface area contributed by atoms with Crippen LogP contribution in [0.5, 0.6) is 0 Å². The van der Waals surface area contributed by atoms with Gasteiger partial charge in [-0.1, -0.05) is 17.7 Å². The van der Waals surface area contributed by atoms with Crippen molar-refractivity contribution in [2.75, 3.05) is 25.0 Å². The summed E-state index contributed by atoms with van der Waals surface area (Å²) in [6.07, 6.45) is 7.76. The maximum atomic E-state index is 13.0. The number of hydrogen-bond acceptors (Lipinski definition) is 6. The average Bonchev–Trinajstić information content (AvgIpc) is 2.48. The number of sulfonamides is 1. The van der Waals surface area contributed by atoms with Crippen LogP contribution in [0.2, 0.25) is 0 Å². The number of nitrogens with zero attached hydrogens (tertiary/aromatic N) is 1. The summed E-state index contributed by atoms with van der Waals surface area (Å²) in [6.45, 7) is 1.95. The van der Waals surface area contributed by atoms with Crippen LogP contribution in [-0.4, -0.2) is 47.2 Å². The molecule has 0 atom stereocenters. The summed E-state index contributed by atoms with van der Waals surface area (Å²) in [6, 6.07) is 7.05. The summed E-state index contributed by atoms with van der Waals surface area (Å²) in [4.78, 5) is 0.356. The van der Waals surface area contributed by atoms with Gasteiger partial charge in [-0.3, -0.25) is 0 Å². The fraction of sp³-hybridized carbons (Fsp3) is 0.538. The topological polar surface area (TPSA) is 37.4 Å². The lowest BCUT2D eigenvalue weighted by atomic mass is 10.2. The Morgan fingerprint density at radius 3 is 1.57 bits per heavy atom. The lowest BCUT2D eigenvalue weighted by molar-refractivity contribution is 0.479. The van der Waals surface area contributed by atoms with Crippen LogP contribution >= 0.6 is 47.0 Å². The molecule has 1 aromatic carbocycles. The normalized spacial score (nSPS) is 12.6. The standard InChI is InChI=1S/C13H21NO2S5/c1-10-6-8-11(9-7-10)21(15,16)14(12(17-2)18-3)13(19-4)20-5/h6-9,12-13H,1-5H3. The predicted molar refractivity (Wildman–Crippen MR) is 102 cm³/mol. The summed E-state index contributed by atoms with van der Waals surface area (Å²) in [5.41, 5.74) is 1.05. The van der Waals surface area contributed by atoms with E-state index in [0.717, 1.165) is 5.56 Å². The third kappa shape index (κ3) is 4.75. The van der Waals surface area contributed by atoms with Crippen LogP contribution in [0.25, 0.3) is 0 Å². The van der Waals surface area contributed by atoms with Crippen molar-refractivity contribution in [3.05, 3.63) is 29.8 Å². The van der Waals surface area contributed by atoms with Crippen LogP contribution < -0.4 is 0 Å². The van der Waals surface area contributed by atoms with E-state index in [0.29, 0.717) is 4.90 Å². The molecule has 0 radical (unpaired) electrons. The maximum Gasteiger partial charge on any atom is 0.246 e. The second-order valence-electron chi connectivity index (χ2n) is 4.20. The van der Waals surface area contributed by atoms with Crippen LogP contribution in [0.4, 0.5) is 0 Å². The van der Waals surface area contributed by atoms with Gasteiger partial charge in [0.1, 0.15) is 9.41 Å². The Bertz CT molecular complexity index is 512. The minimum Gasteiger partial charge on any atom is -0.207 e. The van der Waals surface area contributed by atoms with E-state index in [1.54, 1.807) is 63.5 Å². The lowest BCUT2D eigenvalue weighted by Gasteiger charge is -2.33. The first-order valence-electron chi connectivity index (χ1n) is 6.13. The fourth-order valence-electron chi connectivity index (χ4n) is 1.77. The highest BCUT2D eigenvalue weighted by Gasteiger charge is 2.36. The Labute approximate surface area is 145 Å². The Kier molecular flexibility index (Phi) is 8.37. The molecule has 0 spiro atoms. The minimum atomic E-state index is -3.51. The summed E-state index contributed by atoms with van der Waals surface area (Å²) in [5.74, 6) is 0. The molecule has 3 nitrogen and oxygen atoms in total. The highest BCUT2D eigenvalue weighted by Crippen LogP contribution is 2.37. The van der Waals surface area contributed by atoms with Crippen molar-refractivity contribution in [3.8, 4) is 0 Å². The molecule has 1 rings (SSSR count). The quantitative estimate of drug-likeness (QED) is 0.632. The van der Waals surface area contributed by atoms with E-state index >= 15 is 0 Å². The molecule has 0 saturated heterocycles. The maximum absolute atomic E-state index is 13.0. The van der Waals surface area contributed by atoms with Crippen LogP contribution in [0, 0.1) is 6.92 Å². The first-order chi connectivity index (χ1) is 9.92. The molecular formula is C13H21NO2S5. The van der Waals surface area contributed by atoms with Gasteiger partial charge in [0, 0.05) is 0 Å². The summed E-state index contributed by atoms with van der Waals surface area (Å²) in [5, 5.41) is 0. The second-order valence-corrected chi connectivity index (χ2v) is 10.3. The van der Waals surface area contributed by atoms with Gasteiger partial charge in [-0.25, -0.2) is 8.42 Å². The van der Waals surface area contributed by atoms with E-state index in [-0.39, 0.29) is 9.41 Å². The molecule has 0 aliphatic heterocycles. The molecule has 8 heteroatoms. The molecule has 1 aromatic rings. The van der Waals surface area contributed by atoms with Crippen molar-refractivity contribution in [2.45, 2.75) is 21.2 Å². The van der Waals surface area contributed by atoms with E-state index in [1.165, 1.54) is 0 Å². The molecule has 120 valence electrons. The summed E-state index contributed by atoms with van der Waals surface area (Å²) >= 11 is 6.18. The molecule has 0 heterocycles. The summed E-state index contributed by atoms with van der Waals surface area (Å²) in [7, 11) is -3.51. The molecule has 0 N–H and O–H groups in total. The Morgan fingerprint density at radius 1 is 0.857 bits per heavy atom. The third-order valence-electron chi connectivity index (χ3n) is 2.82. The molecule has 0 unspecified atom stereocenters. The molecule has 0 aliphatic carbocycles. The van der Waals surface area contributed by atoms with Crippen molar-refractivity contribution in [1.29, 1.82) is 0 Å². The van der Waals surface area contributed by atoms with Gasteiger partial charge in [0.15, 0.2) is 0 Å². The average molecular weight is 384 g/mol. The van der Waals surface area contributed by atoms with Crippen molar-refractivity contribution in [3.63, 3.8) is 0 Å². The van der Waals surface area contributed by atoms with Gasteiger partial charge in [-0.2, -0.15) is 4.31 Å². The third-order valence-corrected chi connectivity index (χ3v) is 10.0. The smallest absolute Gasteiger partial charge is 0.207 e. The SMILES string of the molecule is CSC(SC)N(C(SC)SC)S(=O)(=O)c1ccc(C)cc1. The number of thioether (sulfide) groups is 4. The molecule has 0 amide bonds. The van der Waals surface area contributed by atoms with Gasteiger partial charge in [0.05, 0.1) is 4.90 Å². The van der Waals surface area contributed by atoms with Crippen LogP contribution in [-0.2, 0) is 10.0 Å². The van der Waals surface area contributed by atoms with E-state index in [4.69, 9.17) is 0 Å². The largest absolute Gasteiger partial charge is 0.246 e. The van der Waals surface area contributed by atoms with Crippen LogP contribution in [0.3, 0.4) is 0 Å². The van der Waals surface area contributed by atoms with E-state index in [1.807, 2.05) is 44.1 Å². The van der Waals surface area contributed by atoms with Crippen molar-refractivity contribution in [2.24, 2.45) is 0 Å². The highest BCUT2D eigenvalue weighted by molar-refractivity contribution is 8.18. The molecule has 0 aromatic heterocycles. The van der Waals surface area contributed by atoms with Gasteiger partial charge in [0.2, 0.25) is 10.0 Å². The number of aryl methyl sites for hydroxylation is 1. The first kappa shape index (κ1) is 19.6. The van der Waals surface area contributed by atoms with E-state index < -0.39 is 10.0 Å². The van der Waals surface area contributed by atoms with E-state index in [9.17, 15) is 8.42 Å². The van der Waals surface area contributed by atoms with Crippen molar-refractivity contribution < 1.29 is 8.42 Å². The highest BCUT2D eigenvalue weighted by atomic mass is 32.2. The molecule has 21 heavy (non-hydrogen) atoms. The Morgan fingerprint density at radius 2 is 1.24 bits per heavy atom. The monoisotopic (exact) mass is 383 g/mol. The molecule has 0 aliphatic rings. The van der Waals surface area contributed by atoms with E-state index in [2.05, 4.69) is 0 Å². The van der Waals surface area contributed by atoms with Gasteiger partial charge in [-0.05, 0) is 44.1 Å². The number of rotatable bonds is 8. The Hall–Kier alpha value is 0.530. The number of hydrogen-bond donors (Lipinski definition) is 0. The van der Waals surface area contributed by atoms with Crippen molar-refractivity contribution >= 4 is 57.1 Å². The number of benzene rings is 1. The summed E-state index contributed by atoms with van der Waals surface area (Å²) < 4.78 is 27.4. The second kappa shape index (κ2) is 8.98. The van der Waals surface area contributed by atoms with Crippen LogP contribution in [0.1, 0.15) is 5.56 Å². The first-order valence-corrected chi connectivity index (χ1v) is 12.7. The van der Waals surface area contributed by atoms with Gasteiger partial charge in [0.25, 0.3) is 0 Å². The molecular weight excluding hydrogens is 362 g/mol. The van der Waals surface area contributed by atoms with Gasteiger partial charge >= 0.3 is 0 Å². The van der Waals surface area contributed by atoms with Crippen molar-refractivity contribution in [1.82, 2.24) is 4.31 Å². The van der Waals surface area contributed by atoms with Gasteiger partial charge < -0.3 is 0 Å². The Balaban J connectivity index is 3.31. The molecule has 0 fully saturated rings. The van der Waals surface area contributed by atoms with Gasteiger partial charge in [-0.15, -0.1) is 47.0 Å². The molecule has 0 saturated carbocycles. The lowest BCUT2D eigenvalue weighted by Crippen LogP contribution is -2.41. The fourth-order valence-corrected chi connectivity index (χ4v) is 8.50. The van der Waals surface area contributed by atoms with Crippen LogP contribution in [0.15, 0.2) is 29.2 Å². The zero-order chi connectivity index (χ0) is 16.0.